The Balaban J connectivity index is 1.86. The number of hydrogen-bond acceptors (Lipinski definition) is 5. The van der Waals surface area contributed by atoms with Gasteiger partial charge in [0.15, 0.2) is 18.1 Å². The number of carbonyl (C=O) groups is 1. The number of carbonyl (C=O) groups excluding carboxylic acids is 1. The van der Waals surface area contributed by atoms with Crippen molar-refractivity contribution in [2.75, 3.05) is 13.7 Å². The molecule has 0 amide bonds. The second kappa shape index (κ2) is 9.14. The molecule has 0 saturated carbocycles. The van der Waals surface area contributed by atoms with Crippen LogP contribution < -0.4 is 9.47 Å². The van der Waals surface area contributed by atoms with Gasteiger partial charge < -0.3 is 14.2 Å². The summed E-state index contributed by atoms with van der Waals surface area (Å²) in [6, 6.07) is 14.4. The number of hydrogen-bond donors (Lipinski definition) is 0. The third kappa shape index (κ3) is 5.40. The molecule has 0 aliphatic heterocycles. The number of nitrogens with zero attached hydrogens (tertiary/aromatic N) is 1. The Labute approximate surface area is 147 Å². The Morgan fingerprint density at radius 1 is 1.16 bits per heavy atom. The third-order valence-electron chi connectivity index (χ3n) is 3.44. The number of allylic oxidation sites excluding steroid dienone is 1. The second-order valence-electron chi connectivity index (χ2n) is 5.24. The summed E-state index contributed by atoms with van der Waals surface area (Å²) in [5.74, 6) is 0.548. The van der Waals surface area contributed by atoms with Gasteiger partial charge in [0, 0.05) is 0 Å². The maximum atomic E-state index is 11.8. The third-order valence-corrected chi connectivity index (χ3v) is 3.44. The average molecular weight is 337 g/mol. The quantitative estimate of drug-likeness (QED) is 0.545. The van der Waals surface area contributed by atoms with Crippen molar-refractivity contribution in [2.24, 2.45) is 0 Å². The number of methoxy groups -OCH3 is 1. The molecule has 0 N–H and O–H groups in total. The number of benzene rings is 2. The summed E-state index contributed by atoms with van der Waals surface area (Å²) < 4.78 is 15.9. The fraction of sp³-hybridized carbons (Fsp3) is 0.200. The molecule has 2 aromatic rings. The molecule has 0 aliphatic rings. The zero-order valence-electron chi connectivity index (χ0n) is 14.0. The van der Waals surface area contributed by atoms with Crippen LogP contribution in [0.1, 0.15) is 16.7 Å². The fourth-order valence-electron chi connectivity index (χ4n) is 2.14. The highest BCUT2D eigenvalue weighted by Gasteiger charge is 2.09. The number of ether oxygens (including phenoxy) is 3. The summed E-state index contributed by atoms with van der Waals surface area (Å²) in [5.41, 5.74) is 2.41. The first-order chi connectivity index (χ1) is 12.2. The smallest absolute Gasteiger partial charge is 0.344 e. The van der Waals surface area contributed by atoms with Gasteiger partial charge in [-0.25, -0.2) is 4.79 Å². The molecule has 5 nitrogen and oxygen atoms in total. The van der Waals surface area contributed by atoms with Gasteiger partial charge in [0.25, 0.3) is 0 Å². The van der Waals surface area contributed by atoms with Gasteiger partial charge in [-0.2, -0.15) is 5.26 Å². The molecule has 0 aromatic heterocycles. The SMILES string of the molecule is C=CCc1ccc(OCC(=O)OCc2ccc(C#N)cc2)c(OC)c1. The second-order valence-corrected chi connectivity index (χ2v) is 5.24. The van der Waals surface area contributed by atoms with Crippen LogP contribution in [-0.4, -0.2) is 19.7 Å². The molecule has 5 heteroatoms. The highest BCUT2D eigenvalue weighted by atomic mass is 16.6. The van der Waals surface area contributed by atoms with Crippen LogP contribution in [-0.2, 0) is 22.6 Å². The molecule has 2 rings (SSSR count). The van der Waals surface area contributed by atoms with E-state index >= 15 is 0 Å². The van der Waals surface area contributed by atoms with Crippen molar-refractivity contribution in [1.29, 1.82) is 5.26 Å². The van der Waals surface area contributed by atoms with Crippen LogP contribution in [0.2, 0.25) is 0 Å². The van der Waals surface area contributed by atoms with Gasteiger partial charge in [-0.1, -0.05) is 24.3 Å². The van der Waals surface area contributed by atoms with E-state index in [9.17, 15) is 4.79 Å². The van der Waals surface area contributed by atoms with E-state index in [1.54, 1.807) is 43.5 Å². The lowest BCUT2D eigenvalue weighted by Gasteiger charge is -2.11. The van der Waals surface area contributed by atoms with Gasteiger partial charge in [-0.05, 0) is 41.8 Å². The van der Waals surface area contributed by atoms with Crippen molar-refractivity contribution in [3.8, 4) is 17.6 Å². The van der Waals surface area contributed by atoms with Crippen LogP contribution in [0.5, 0.6) is 11.5 Å². The molecular formula is C20H19NO4. The lowest BCUT2D eigenvalue weighted by Crippen LogP contribution is -2.15. The van der Waals surface area contributed by atoms with Gasteiger partial charge in [-0.15, -0.1) is 6.58 Å². The Hall–Kier alpha value is -3.26. The Bertz CT molecular complexity index is 775. The molecule has 0 bridgehead atoms. The highest BCUT2D eigenvalue weighted by Crippen LogP contribution is 2.28. The van der Waals surface area contributed by atoms with E-state index in [0.717, 1.165) is 17.5 Å². The summed E-state index contributed by atoms with van der Waals surface area (Å²) in [6.07, 6.45) is 2.53. The molecule has 128 valence electrons. The molecule has 0 spiro atoms. The maximum Gasteiger partial charge on any atom is 0.344 e. The van der Waals surface area contributed by atoms with Crippen molar-refractivity contribution < 1.29 is 19.0 Å². The number of rotatable bonds is 8. The summed E-state index contributed by atoms with van der Waals surface area (Å²) in [5, 5.41) is 8.75. The minimum Gasteiger partial charge on any atom is -0.493 e. The molecule has 0 saturated heterocycles. The Morgan fingerprint density at radius 3 is 2.52 bits per heavy atom. The Kier molecular flexibility index (Phi) is 6.61. The van der Waals surface area contributed by atoms with Gasteiger partial charge >= 0.3 is 5.97 Å². The highest BCUT2D eigenvalue weighted by molar-refractivity contribution is 5.71. The van der Waals surface area contributed by atoms with Crippen LogP contribution >= 0.6 is 0 Å². The lowest BCUT2D eigenvalue weighted by atomic mass is 10.1. The molecule has 2 aromatic carbocycles. The van der Waals surface area contributed by atoms with Crippen LogP contribution in [0.15, 0.2) is 55.1 Å². The van der Waals surface area contributed by atoms with Crippen LogP contribution in [0.3, 0.4) is 0 Å². The average Bonchev–Trinajstić information content (AvgIpc) is 2.65. The lowest BCUT2D eigenvalue weighted by molar-refractivity contribution is -0.147. The molecule has 0 aliphatic carbocycles. The monoisotopic (exact) mass is 337 g/mol. The zero-order chi connectivity index (χ0) is 18.1. The first-order valence-electron chi connectivity index (χ1n) is 7.71. The summed E-state index contributed by atoms with van der Waals surface area (Å²) in [6.45, 7) is 3.61. The Morgan fingerprint density at radius 2 is 1.88 bits per heavy atom. The summed E-state index contributed by atoms with van der Waals surface area (Å²) in [4.78, 5) is 11.8. The molecule has 0 heterocycles. The fourth-order valence-corrected chi connectivity index (χ4v) is 2.14. The first-order valence-corrected chi connectivity index (χ1v) is 7.71. The largest absolute Gasteiger partial charge is 0.493 e. The molecule has 0 atom stereocenters. The minimum absolute atomic E-state index is 0.128. The predicted octanol–water partition coefficient (Wildman–Crippen LogP) is 3.42. The molecular weight excluding hydrogens is 318 g/mol. The van der Waals surface area contributed by atoms with Crippen LogP contribution in [0.25, 0.3) is 0 Å². The van der Waals surface area contributed by atoms with Gasteiger partial charge in [0.05, 0.1) is 18.7 Å². The normalized spacial score (nSPS) is 9.76. The molecule has 0 radical (unpaired) electrons. The van der Waals surface area contributed by atoms with E-state index in [1.165, 1.54) is 0 Å². The van der Waals surface area contributed by atoms with E-state index in [0.29, 0.717) is 17.1 Å². The standard InChI is InChI=1S/C20H19NO4/c1-3-4-15-9-10-18(19(11-15)23-2)24-14-20(22)25-13-17-7-5-16(12-21)6-8-17/h3,5-11H,1,4,13-14H2,2H3. The first kappa shape index (κ1) is 18.1. The van der Waals surface area contributed by atoms with Crippen molar-refractivity contribution >= 4 is 5.97 Å². The van der Waals surface area contributed by atoms with E-state index in [4.69, 9.17) is 19.5 Å². The van der Waals surface area contributed by atoms with E-state index in [1.807, 2.05) is 18.2 Å². The van der Waals surface area contributed by atoms with E-state index in [-0.39, 0.29) is 13.2 Å². The minimum atomic E-state index is -0.485. The topological polar surface area (TPSA) is 68.5 Å². The van der Waals surface area contributed by atoms with Crippen LogP contribution in [0.4, 0.5) is 0 Å². The summed E-state index contributed by atoms with van der Waals surface area (Å²) >= 11 is 0. The van der Waals surface area contributed by atoms with Crippen molar-refractivity contribution in [3.63, 3.8) is 0 Å². The van der Waals surface area contributed by atoms with Gasteiger partial charge in [0.2, 0.25) is 0 Å². The molecule has 0 fully saturated rings. The predicted molar refractivity (Wildman–Crippen MR) is 93.3 cm³/mol. The van der Waals surface area contributed by atoms with Crippen molar-refractivity contribution in [2.45, 2.75) is 13.0 Å². The van der Waals surface area contributed by atoms with Crippen molar-refractivity contribution in [3.05, 3.63) is 71.8 Å². The van der Waals surface area contributed by atoms with Crippen LogP contribution in [0, 0.1) is 11.3 Å². The van der Waals surface area contributed by atoms with E-state index < -0.39 is 5.97 Å². The van der Waals surface area contributed by atoms with Gasteiger partial charge in [-0.3, -0.25) is 0 Å². The maximum absolute atomic E-state index is 11.8. The van der Waals surface area contributed by atoms with Crippen molar-refractivity contribution in [1.82, 2.24) is 0 Å². The van der Waals surface area contributed by atoms with Gasteiger partial charge in [0.1, 0.15) is 6.61 Å². The number of esters is 1. The number of nitriles is 1. The molecule has 25 heavy (non-hydrogen) atoms. The summed E-state index contributed by atoms with van der Waals surface area (Å²) in [7, 11) is 1.54. The molecule has 0 unspecified atom stereocenters. The van der Waals surface area contributed by atoms with E-state index in [2.05, 4.69) is 6.58 Å². The zero-order valence-corrected chi connectivity index (χ0v) is 14.0.